The molecular weight excluding hydrogens is 560 g/mol. The van der Waals surface area contributed by atoms with Crippen LogP contribution < -0.4 is 9.47 Å². The average molecular weight is 611 g/mol. The van der Waals surface area contributed by atoms with Crippen molar-refractivity contribution >= 4 is 5.97 Å². The van der Waals surface area contributed by atoms with Crippen LogP contribution in [0.15, 0.2) is 30.3 Å². The van der Waals surface area contributed by atoms with Crippen LogP contribution in [0.25, 0.3) is 0 Å². The van der Waals surface area contributed by atoms with Crippen LogP contribution >= 0.6 is 0 Å². The molecule has 3 N–H and O–H groups in total. The first-order valence-corrected chi connectivity index (χ1v) is 16.6. The standard InChI is InChI=1S/C36H50O8/c1-4-5-6-9-25(16-24-10-11-29(38)33(17-24)41-3)31-20-28(42-23(2)37)21-32(44-31)26-18-30(39)35(40)34(19-26)43-27-12-15-36(22-27)13-7-8-14-36/h10-11,17-19,25,27-28,31-32,38-40H,4-9,12-16,20-22H2,1-3H3. The maximum Gasteiger partial charge on any atom is 0.302 e. The van der Waals surface area contributed by atoms with E-state index in [0.29, 0.717) is 36.0 Å². The number of carbonyl (C=O) groups is 1. The maximum atomic E-state index is 12.1. The van der Waals surface area contributed by atoms with Gasteiger partial charge in [0.25, 0.3) is 0 Å². The summed E-state index contributed by atoms with van der Waals surface area (Å²) in [5.41, 5.74) is 2.10. The zero-order chi connectivity index (χ0) is 31.3. The van der Waals surface area contributed by atoms with Crippen LogP contribution in [0.3, 0.4) is 0 Å². The number of ether oxygens (including phenoxy) is 4. The minimum atomic E-state index is -0.459. The van der Waals surface area contributed by atoms with E-state index in [2.05, 4.69) is 6.92 Å². The number of hydrogen-bond acceptors (Lipinski definition) is 8. The highest BCUT2D eigenvalue weighted by Gasteiger charge is 2.42. The Morgan fingerprint density at radius 2 is 1.80 bits per heavy atom. The highest BCUT2D eigenvalue weighted by Crippen LogP contribution is 2.52. The van der Waals surface area contributed by atoms with Crippen LogP contribution in [-0.2, 0) is 20.7 Å². The van der Waals surface area contributed by atoms with E-state index in [9.17, 15) is 20.1 Å². The lowest BCUT2D eigenvalue weighted by atomic mass is 9.83. The number of carbonyl (C=O) groups excluding carboxylic acids is 1. The molecular formula is C36H50O8. The van der Waals surface area contributed by atoms with Gasteiger partial charge >= 0.3 is 5.97 Å². The minimum absolute atomic E-state index is 0.00714. The monoisotopic (exact) mass is 610 g/mol. The Morgan fingerprint density at radius 3 is 2.52 bits per heavy atom. The third-order valence-electron chi connectivity index (χ3n) is 10.2. The molecule has 1 saturated heterocycles. The molecule has 1 spiro atoms. The summed E-state index contributed by atoms with van der Waals surface area (Å²) in [6.45, 7) is 3.61. The molecule has 0 amide bonds. The molecule has 5 unspecified atom stereocenters. The first kappa shape index (κ1) is 32.3. The topological polar surface area (TPSA) is 115 Å². The molecule has 2 aromatic rings. The molecule has 5 rings (SSSR count). The molecule has 8 nitrogen and oxygen atoms in total. The van der Waals surface area contributed by atoms with Gasteiger partial charge in [0.2, 0.25) is 5.75 Å². The molecule has 5 atom stereocenters. The van der Waals surface area contributed by atoms with Crippen molar-refractivity contribution < 1.29 is 39.1 Å². The smallest absolute Gasteiger partial charge is 0.302 e. The summed E-state index contributed by atoms with van der Waals surface area (Å²) in [6.07, 6.45) is 13.0. The van der Waals surface area contributed by atoms with Crippen LogP contribution in [0.1, 0.15) is 115 Å². The van der Waals surface area contributed by atoms with E-state index >= 15 is 0 Å². The van der Waals surface area contributed by atoms with Gasteiger partial charge in [-0.05, 0) is 91.7 Å². The lowest BCUT2D eigenvalue weighted by Gasteiger charge is -2.39. The van der Waals surface area contributed by atoms with Crippen LogP contribution in [0.2, 0.25) is 0 Å². The summed E-state index contributed by atoms with van der Waals surface area (Å²) in [7, 11) is 1.54. The molecule has 0 bridgehead atoms. The fourth-order valence-corrected chi connectivity index (χ4v) is 7.90. The van der Waals surface area contributed by atoms with Crippen LogP contribution in [-0.4, -0.2) is 46.7 Å². The second-order valence-corrected chi connectivity index (χ2v) is 13.4. The number of aromatic hydroxyl groups is 3. The average Bonchev–Trinajstić information content (AvgIpc) is 3.63. The van der Waals surface area contributed by atoms with E-state index in [1.807, 2.05) is 12.1 Å². The maximum absolute atomic E-state index is 12.1. The van der Waals surface area contributed by atoms with Crippen molar-refractivity contribution in [2.75, 3.05) is 7.11 Å². The van der Waals surface area contributed by atoms with Gasteiger partial charge in [-0.1, -0.05) is 45.1 Å². The van der Waals surface area contributed by atoms with Gasteiger partial charge < -0.3 is 34.3 Å². The van der Waals surface area contributed by atoms with Crippen LogP contribution in [0.4, 0.5) is 0 Å². The lowest BCUT2D eigenvalue weighted by molar-refractivity contribution is -0.165. The largest absolute Gasteiger partial charge is 0.504 e. The van der Waals surface area contributed by atoms with Crippen molar-refractivity contribution in [1.29, 1.82) is 0 Å². The van der Waals surface area contributed by atoms with Gasteiger partial charge in [-0.2, -0.15) is 0 Å². The zero-order valence-electron chi connectivity index (χ0n) is 26.6. The summed E-state index contributed by atoms with van der Waals surface area (Å²) in [5, 5.41) is 31.7. The normalized spacial score (nSPS) is 25.2. The van der Waals surface area contributed by atoms with Gasteiger partial charge in [-0.3, -0.25) is 4.79 Å². The molecule has 2 saturated carbocycles. The van der Waals surface area contributed by atoms with Crippen molar-refractivity contribution in [2.45, 2.75) is 128 Å². The van der Waals surface area contributed by atoms with Gasteiger partial charge in [-0.25, -0.2) is 0 Å². The summed E-state index contributed by atoms with van der Waals surface area (Å²) in [4.78, 5) is 12.1. The summed E-state index contributed by atoms with van der Waals surface area (Å²) < 4.78 is 24.3. The number of unbranched alkanes of at least 4 members (excludes halogenated alkanes) is 2. The van der Waals surface area contributed by atoms with Gasteiger partial charge in [0.05, 0.1) is 25.4 Å². The van der Waals surface area contributed by atoms with Gasteiger partial charge in [0.1, 0.15) is 6.10 Å². The molecule has 2 aromatic carbocycles. The van der Waals surface area contributed by atoms with Gasteiger partial charge in [-0.15, -0.1) is 0 Å². The molecule has 1 aliphatic heterocycles. The molecule has 44 heavy (non-hydrogen) atoms. The van der Waals surface area contributed by atoms with E-state index < -0.39 is 6.10 Å². The molecule has 3 fully saturated rings. The minimum Gasteiger partial charge on any atom is -0.504 e. The van der Waals surface area contributed by atoms with E-state index in [1.54, 1.807) is 25.3 Å². The molecule has 3 aliphatic rings. The van der Waals surface area contributed by atoms with E-state index in [-0.39, 0.29) is 53.2 Å². The Balaban J connectivity index is 1.39. The second kappa shape index (κ2) is 14.3. The Bertz CT molecular complexity index is 1270. The Labute approximate surface area is 261 Å². The van der Waals surface area contributed by atoms with Gasteiger partial charge in [0.15, 0.2) is 23.0 Å². The number of rotatable bonds is 12. The number of esters is 1. The van der Waals surface area contributed by atoms with Crippen molar-refractivity contribution in [1.82, 2.24) is 0 Å². The molecule has 0 aromatic heterocycles. The van der Waals surface area contributed by atoms with Crippen molar-refractivity contribution in [3.05, 3.63) is 41.5 Å². The number of benzene rings is 2. The van der Waals surface area contributed by atoms with Crippen LogP contribution in [0.5, 0.6) is 28.7 Å². The van der Waals surface area contributed by atoms with Crippen molar-refractivity contribution in [2.24, 2.45) is 11.3 Å². The Morgan fingerprint density at radius 1 is 1.00 bits per heavy atom. The SMILES string of the molecule is CCCCCC(Cc1ccc(O)c(OC)c1)C1CC(OC(C)=O)CC(c2cc(O)c(O)c(OC3CCC4(CCCC4)C3)c2)O1. The molecule has 1 heterocycles. The van der Waals surface area contributed by atoms with Crippen molar-refractivity contribution in [3.8, 4) is 28.7 Å². The number of phenolic OH excluding ortho intramolecular Hbond substituents is 3. The molecule has 8 heteroatoms. The first-order valence-electron chi connectivity index (χ1n) is 16.6. The Kier molecular flexibility index (Phi) is 10.5. The zero-order valence-corrected chi connectivity index (χ0v) is 26.6. The third kappa shape index (κ3) is 7.74. The summed E-state index contributed by atoms with van der Waals surface area (Å²) in [6, 6.07) is 8.78. The van der Waals surface area contributed by atoms with Crippen molar-refractivity contribution in [3.63, 3.8) is 0 Å². The fourth-order valence-electron chi connectivity index (χ4n) is 7.90. The molecule has 242 valence electrons. The first-order chi connectivity index (χ1) is 21.2. The van der Waals surface area contributed by atoms with E-state index in [4.69, 9.17) is 18.9 Å². The predicted molar refractivity (Wildman–Crippen MR) is 167 cm³/mol. The molecule has 0 radical (unpaired) electrons. The molecule has 2 aliphatic carbocycles. The summed E-state index contributed by atoms with van der Waals surface area (Å²) >= 11 is 0. The lowest BCUT2D eigenvalue weighted by Crippen LogP contribution is -2.39. The summed E-state index contributed by atoms with van der Waals surface area (Å²) in [5.74, 6) is 0.122. The number of methoxy groups -OCH3 is 1. The highest BCUT2D eigenvalue weighted by molar-refractivity contribution is 5.66. The highest BCUT2D eigenvalue weighted by atomic mass is 16.6. The van der Waals surface area contributed by atoms with E-state index in [0.717, 1.165) is 50.5 Å². The number of hydrogen-bond donors (Lipinski definition) is 3. The van der Waals surface area contributed by atoms with E-state index in [1.165, 1.54) is 32.6 Å². The third-order valence-corrected chi connectivity index (χ3v) is 10.2. The van der Waals surface area contributed by atoms with Crippen LogP contribution in [0, 0.1) is 11.3 Å². The second-order valence-electron chi connectivity index (χ2n) is 13.4. The van der Waals surface area contributed by atoms with Gasteiger partial charge in [0, 0.05) is 19.8 Å². The quantitative estimate of drug-likeness (QED) is 0.126. The fraction of sp³-hybridized carbons (Fsp3) is 0.639. The predicted octanol–water partition coefficient (Wildman–Crippen LogP) is 7.89. The Hall–Kier alpha value is -3.13. The number of phenols is 3.